The first-order chi connectivity index (χ1) is 16.9. The van der Waals surface area contributed by atoms with Crippen molar-refractivity contribution in [2.24, 2.45) is 0 Å². The van der Waals surface area contributed by atoms with Gasteiger partial charge in [0.15, 0.2) is 4.73 Å². The average Bonchev–Trinajstić information content (AvgIpc) is 3.48. The Hall–Kier alpha value is -3.21. The van der Waals surface area contributed by atoms with E-state index in [4.69, 9.17) is 4.98 Å². The molecule has 0 amide bonds. The number of fused-ring (bicyclic) bond motifs is 1. The van der Waals surface area contributed by atoms with Crippen LogP contribution in [0.2, 0.25) is 0 Å². The number of aryl methyl sites for hydroxylation is 1. The third-order valence-electron chi connectivity index (χ3n) is 5.81. The molecular formula is C25H22Br2N6O2. The maximum Gasteiger partial charge on any atom is 0.261 e. The second-order valence-electron chi connectivity index (χ2n) is 8.24. The van der Waals surface area contributed by atoms with Crippen molar-refractivity contribution in [1.82, 2.24) is 24.5 Å². The number of H-pyrrole nitrogens is 2. The van der Waals surface area contributed by atoms with Crippen molar-refractivity contribution in [2.75, 3.05) is 11.9 Å². The molecule has 3 heterocycles. The minimum atomic E-state index is -0.300. The normalized spacial score (nSPS) is 12.2. The van der Waals surface area contributed by atoms with E-state index in [1.165, 1.54) is 0 Å². The smallest absolute Gasteiger partial charge is 0.261 e. The molecule has 0 unspecified atom stereocenters. The van der Waals surface area contributed by atoms with Gasteiger partial charge in [-0.05, 0) is 68.5 Å². The van der Waals surface area contributed by atoms with E-state index in [9.17, 15) is 9.90 Å². The fraction of sp³-hybridized carbons (Fsp3) is 0.160. The molecule has 5 rings (SSSR count). The van der Waals surface area contributed by atoms with Crippen molar-refractivity contribution >= 4 is 48.6 Å². The summed E-state index contributed by atoms with van der Waals surface area (Å²) in [7, 11) is 0. The zero-order chi connectivity index (χ0) is 24.5. The highest BCUT2D eigenvalue weighted by atomic mass is 79.9. The molecule has 0 aliphatic heterocycles. The van der Waals surface area contributed by atoms with Gasteiger partial charge in [-0.15, -0.1) is 0 Å². The van der Waals surface area contributed by atoms with Gasteiger partial charge in [-0.2, -0.15) is 0 Å². The van der Waals surface area contributed by atoms with Gasteiger partial charge in [0.2, 0.25) is 0 Å². The Kier molecular flexibility index (Phi) is 6.59. The summed E-state index contributed by atoms with van der Waals surface area (Å²) in [5, 5.41) is 13.4. The van der Waals surface area contributed by atoms with Crippen LogP contribution in [-0.4, -0.2) is 42.3 Å². The number of halogens is 2. The summed E-state index contributed by atoms with van der Waals surface area (Å²) in [4.78, 5) is 28.1. The molecule has 35 heavy (non-hydrogen) atoms. The standard InChI is InChI=1S/C25H22Br2N6O2/c1-14-9-17(33-8-7-28-25(33)27)11-19-21(14)32-23(31-19)20-22(18(26)12-29-24(20)35)30-16(13-34)10-15-5-3-2-4-6-15/h2-9,11-12,16,34H,10,13H2,1H3,(H,31,32)(H2,29,30,35)/t16-/m0/s1. The van der Waals surface area contributed by atoms with Crippen molar-refractivity contribution in [3.05, 3.63) is 91.7 Å². The quantitative estimate of drug-likeness (QED) is 0.212. The Morgan fingerprint density at radius 1 is 1.20 bits per heavy atom. The minimum Gasteiger partial charge on any atom is -0.394 e. The Labute approximate surface area is 217 Å². The molecule has 4 N–H and O–H groups in total. The van der Waals surface area contributed by atoms with Crippen molar-refractivity contribution < 1.29 is 5.11 Å². The predicted octanol–water partition coefficient (Wildman–Crippen LogP) is 4.95. The number of pyridine rings is 1. The molecule has 0 fully saturated rings. The molecule has 178 valence electrons. The van der Waals surface area contributed by atoms with E-state index in [0.29, 0.717) is 32.7 Å². The molecule has 0 saturated carbocycles. The van der Waals surface area contributed by atoms with Crippen LogP contribution in [0.1, 0.15) is 11.1 Å². The summed E-state index contributed by atoms with van der Waals surface area (Å²) in [6, 6.07) is 13.6. The van der Waals surface area contributed by atoms with Gasteiger partial charge in [0, 0.05) is 18.6 Å². The lowest BCUT2D eigenvalue weighted by Gasteiger charge is -2.20. The lowest BCUT2D eigenvalue weighted by Crippen LogP contribution is -2.28. The molecule has 0 aliphatic carbocycles. The largest absolute Gasteiger partial charge is 0.394 e. The molecule has 0 aliphatic rings. The van der Waals surface area contributed by atoms with Gasteiger partial charge in [0.25, 0.3) is 5.56 Å². The summed E-state index contributed by atoms with van der Waals surface area (Å²) >= 11 is 7.01. The van der Waals surface area contributed by atoms with Gasteiger partial charge >= 0.3 is 0 Å². The van der Waals surface area contributed by atoms with Crippen molar-refractivity contribution in [3.63, 3.8) is 0 Å². The number of aliphatic hydroxyl groups excluding tert-OH is 1. The Morgan fingerprint density at radius 3 is 2.71 bits per heavy atom. The predicted molar refractivity (Wildman–Crippen MR) is 144 cm³/mol. The van der Waals surface area contributed by atoms with Crippen LogP contribution >= 0.6 is 31.9 Å². The maximum atomic E-state index is 13.0. The number of rotatable bonds is 7. The SMILES string of the molecule is Cc1cc(-n2ccnc2Br)cc2[nH]c(-c3c(N[C@H](CO)Cc4ccccc4)c(Br)c[nH]c3=O)nc12. The highest BCUT2D eigenvalue weighted by Crippen LogP contribution is 2.33. The van der Waals surface area contributed by atoms with Crippen LogP contribution in [0, 0.1) is 6.92 Å². The molecule has 8 nitrogen and oxygen atoms in total. The monoisotopic (exact) mass is 596 g/mol. The van der Waals surface area contributed by atoms with Crippen LogP contribution in [0.5, 0.6) is 0 Å². The van der Waals surface area contributed by atoms with Gasteiger partial charge in [-0.3, -0.25) is 9.36 Å². The topological polar surface area (TPSA) is 112 Å². The Morgan fingerprint density at radius 2 is 2.00 bits per heavy atom. The number of aliphatic hydroxyl groups is 1. The molecule has 0 saturated heterocycles. The lowest BCUT2D eigenvalue weighted by molar-refractivity contribution is 0.273. The number of nitrogens with one attached hydrogen (secondary N) is 3. The van der Waals surface area contributed by atoms with Gasteiger partial charge < -0.3 is 20.4 Å². The number of anilines is 1. The first-order valence-electron chi connectivity index (χ1n) is 11.0. The van der Waals surface area contributed by atoms with Crippen LogP contribution in [0.4, 0.5) is 5.69 Å². The first kappa shape index (κ1) is 23.5. The molecule has 0 radical (unpaired) electrons. The molecule has 1 atom stereocenters. The van der Waals surface area contributed by atoms with Gasteiger partial charge in [0.05, 0.1) is 39.5 Å². The molecule has 0 bridgehead atoms. The first-order valence-corrected chi connectivity index (χ1v) is 12.6. The highest BCUT2D eigenvalue weighted by Gasteiger charge is 2.21. The Balaban J connectivity index is 1.57. The molecule has 0 spiro atoms. The van der Waals surface area contributed by atoms with E-state index >= 15 is 0 Å². The number of hydrogen-bond donors (Lipinski definition) is 4. The highest BCUT2D eigenvalue weighted by molar-refractivity contribution is 9.10. The van der Waals surface area contributed by atoms with Crippen LogP contribution in [0.15, 0.2) is 75.1 Å². The van der Waals surface area contributed by atoms with Crippen molar-refractivity contribution in [2.45, 2.75) is 19.4 Å². The summed E-state index contributed by atoms with van der Waals surface area (Å²) in [5.41, 5.74) is 5.17. The number of imidazole rings is 2. The summed E-state index contributed by atoms with van der Waals surface area (Å²) in [5.74, 6) is 0.436. The third kappa shape index (κ3) is 4.69. The number of benzene rings is 2. The minimum absolute atomic E-state index is 0.101. The van der Waals surface area contributed by atoms with Crippen LogP contribution < -0.4 is 10.9 Å². The van der Waals surface area contributed by atoms with E-state index in [1.54, 1.807) is 12.4 Å². The van der Waals surface area contributed by atoms with E-state index < -0.39 is 0 Å². The fourth-order valence-electron chi connectivity index (χ4n) is 4.14. The molecule has 2 aromatic carbocycles. The van der Waals surface area contributed by atoms with Gasteiger partial charge in [0.1, 0.15) is 11.4 Å². The third-order valence-corrected chi connectivity index (χ3v) is 7.02. The number of nitrogens with zero attached hydrogens (tertiary/aromatic N) is 3. The van der Waals surface area contributed by atoms with Crippen LogP contribution in [0.3, 0.4) is 0 Å². The van der Waals surface area contributed by atoms with Gasteiger partial charge in [-0.1, -0.05) is 30.3 Å². The average molecular weight is 598 g/mol. The fourth-order valence-corrected chi connectivity index (χ4v) is 5.01. The van der Waals surface area contributed by atoms with Crippen molar-refractivity contribution in [1.29, 1.82) is 0 Å². The molecule has 10 heteroatoms. The number of aromatic amines is 2. The molecular weight excluding hydrogens is 576 g/mol. The Bertz CT molecular complexity index is 1560. The van der Waals surface area contributed by atoms with E-state index in [2.05, 4.69) is 52.1 Å². The zero-order valence-electron chi connectivity index (χ0n) is 18.7. The maximum absolute atomic E-state index is 13.0. The van der Waals surface area contributed by atoms with Crippen molar-refractivity contribution in [3.8, 4) is 17.1 Å². The number of aromatic nitrogens is 5. The van der Waals surface area contributed by atoms with E-state index in [1.807, 2.05) is 60.2 Å². The van der Waals surface area contributed by atoms with E-state index in [0.717, 1.165) is 27.8 Å². The molecule has 5 aromatic rings. The van der Waals surface area contributed by atoms with Gasteiger partial charge in [-0.25, -0.2) is 9.97 Å². The van der Waals surface area contributed by atoms with Crippen LogP contribution in [-0.2, 0) is 6.42 Å². The number of hydrogen-bond acceptors (Lipinski definition) is 5. The summed E-state index contributed by atoms with van der Waals surface area (Å²) < 4.78 is 3.28. The summed E-state index contributed by atoms with van der Waals surface area (Å²) in [6.07, 6.45) is 5.77. The second-order valence-corrected chi connectivity index (χ2v) is 9.80. The van der Waals surface area contributed by atoms with E-state index in [-0.39, 0.29) is 18.2 Å². The summed E-state index contributed by atoms with van der Waals surface area (Å²) in [6.45, 7) is 1.88. The second kappa shape index (κ2) is 9.80. The molecule has 3 aromatic heterocycles. The van der Waals surface area contributed by atoms with Crippen LogP contribution in [0.25, 0.3) is 28.1 Å². The zero-order valence-corrected chi connectivity index (χ0v) is 21.9. The lowest BCUT2D eigenvalue weighted by atomic mass is 10.1.